The van der Waals surface area contributed by atoms with Crippen LogP contribution in [-0.2, 0) is 7.05 Å². The number of hydrogen-bond donors (Lipinski definition) is 0. The molecule has 228 valence electrons. The molecule has 9 aromatic rings. The van der Waals surface area contributed by atoms with Gasteiger partial charge in [-0.3, -0.25) is 0 Å². The summed E-state index contributed by atoms with van der Waals surface area (Å²) < 4.78 is 2.40. The standard InChI is InChI=1S/C47H35N/c1-30-16-20-33(21-17-30)46-42-27-26-37(29-43(42)48(3)47(46)34-22-18-31(2)19-23-34)45-40-14-8-6-12-38(40)44(39-13-7-9-15-41(39)45)36-25-24-32-10-4-5-11-35(32)28-36/h4-29H,1-3H3. The van der Waals surface area contributed by atoms with Crippen LogP contribution in [0, 0.1) is 13.8 Å². The lowest BCUT2D eigenvalue weighted by atomic mass is 9.85. The zero-order valence-corrected chi connectivity index (χ0v) is 27.5. The maximum absolute atomic E-state index is 2.41. The summed E-state index contributed by atoms with van der Waals surface area (Å²) in [4.78, 5) is 0. The van der Waals surface area contributed by atoms with E-state index in [2.05, 4.69) is 183 Å². The number of benzene rings is 8. The van der Waals surface area contributed by atoms with Gasteiger partial charge in [0.1, 0.15) is 0 Å². The monoisotopic (exact) mass is 613 g/mol. The maximum atomic E-state index is 2.41. The van der Waals surface area contributed by atoms with Gasteiger partial charge >= 0.3 is 0 Å². The number of fused-ring (bicyclic) bond motifs is 4. The maximum Gasteiger partial charge on any atom is 0.0568 e. The van der Waals surface area contributed by atoms with Gasteiger partial charge in [-0.1, -0.05) is 157 Å². The van der Waals surface area contributed by atoms with Gasteiger partial charge in [0.2, 0.25) is 0 Å². The molecule has 48 heavy (non-hydrogen) atoms. The molecule has 8 aromatic carbocycles. The lowest BCUT2D eigenvalue weighted by Gasteiger charge is -2.18. The van der Waals surface area contributed by atoms with Gasteiger partial charge in [-0.05, 0) is 91.7 Å². The highest BCUT2D eigenvalue weighted by Crippen LogP contribution is 2.46. The van der Waals surface area contributed by atoms with Crippen molar-refractivity contribution < 1.29 is 0 Å². The molecule has 0 atom stereocenters. The summed E-state index contributed by atoms with van der Waals surface area (Å²) in [7, 11) is 2.22. The van der Waals surface area contributed by atoms with E-state index in [9.17, 15) is 0 Å². The predicted octanol–water partition coefficient (Wildman–Crippen LogP) is 12.9. The molecular formula is C47H35N. The Balaban J connectivity index is 1.33. The van der Waals surface area contributed by atoms with Crippen LogP contribution in [0.3, 0.4) is 0 Å². The first-order valence-electron chi connectivity index (χ1n) is 16.7. The largest absolute Gasteiger partial charge is 0.343 e. The topological polar surface area (TPSA) is 4.93 Å². The lowest BCUT2D eigenvalue weighted by Crippen LogP contribution is -1.94. The Labute approximate surface area is 281 Å². The molecule has 0 unspecified atom stereocenters. The van der Waals surface area contributed by atoms with Crippen molar-refractivity contribution in [2.24, 2.45) is 7.05 Å². The van der Waals surface area contributed by atoms with Crippen molar-refractivity contribution in [3.63, 3.8) is 0 Å². The van der Waals surface area contributed by atoms with E-state index in [1.807, 2.05) is 0 Å². The molecule has 0 saturated heterocycles. The van der Waals surface area contributed by atoms with Crippen LogP contribution in [-0.4, -0.2) is 4.57 Å². The van der Waals surface area contributed by atoms with E-state index in [1.54, 1.807) is 0 Å². The highest BCUT2D eigenvalue weighted by molar-refractivity contribution is 6.22. The zero-order chi connectivity index (χ0) is 32.4. The molecule has 0 saturated carbocycles. The van der Waals surface area contributed by atoms with Crippen LogP contribution in [0.1, 0.15) is 11.1 Å². The first-order chi connectivity index (χ1) is 23.5. The summed E-state index contributed by atoms with van der Waals surface area (Å²) in [5.74, 6) is 0. The fraction of sp³-hybridized carbons (Fsp3) is 0.0638. The normalized spacial score (nSPS) is 11.6. The molecule has 0 aliphatic heterocycles. The van der Waals surface area contributed by atoms with Gasteiger partial charge in [0.05, 0.1) is 5.69 Å². The van der Waals surface area contributed by atoms with Crippen molar-refractivity contribution in [3.8, 4) is 44.6 Å². The second kappa shape index (κ2) is 11.1. The van der Waals surface area contributed by atoms with Gasteiger partial charge in [0.15, 0.2) is 0 Å². The summed E-state index contributed by atoms with van der Waals surface area (Å²) in [6.45, 7) is 4.30. The summed E-state index contributed by atoms with van der Waals surface area (Å²) in [6.07, 6.45) is 0. The molecule has 1 heteroatoms. The summed E-state index contributed by atoms with van der Waals surface area (Å²) in [5, 5.41) is 8.87. The highest BCUT2D eigenvalue weighted by Gasteiger charge is 2.21. The lowest BCUT2D eigenvalue weighted by molar-refractivity contribution is 0.979. The second-order valence-electron chi connectivity index (χ2n) is 13.1. The van der Waals surface area contributed by atoms with Crippen molar-refractivity contribution in [2.45, 2.75) is 13.8 Å². The molecule has 1 nitrogen and oxygen atoms in total. The molecule has 9 rings (SSSR count). The minimum Gasteiger partial charge on any atom is -0.343 e. The van der Waals surface area contributed by atoms with Crippen LogP contribution in [0.25, 0.3) is 87.9 Å². The van der Waals surface area contributed by atoms with Crippen LogP contribution in [0.2, 0.25) is 0 Å². The van der Waals surface area contributed by atoms with E-state index in [4.69, 9.17) is 0 Å². The third-order valence-corrected chi connectivity index (χ3v) is 10.1. The van der Waals surface area contributed by atoms with Crippen molar-refractivity contribution in [1.29, 1.82) is 0 Å². The zero-order valence-electron chi connectivity index (χ0n) is 27.5. The van der Waals surface area contributed by atoms with E-state index in [1.165, 1.54) is 99.0 Å². The van der Waals surface area contributed by atoms with Gasteiger partial charge in [-0.2, -0.15) is 0 Å². The minimum atomic E-state index is 1.23. The molecule has 0 fully saturated rings. The van der Waals surface area contributed by atoms with Gasteiger partial charge in [0.25, 0.3) is 0 Å². The smallest absolute Gasteiger partial charge is 0.0568 e. The molecular weight excluding hydrogens is 579 g/mol. The van der Waals surface area contributed by atoms with Gasteiger partial charge in [0, 0.05) is 23.5 Å². The quantitative estimate of drug-likeness (QED) is 0.174. The van der Waals surface area contributed by atoms with Crippen molar-refractivity contribution >= 4 is 43.2 Å². The fourth-order valence-electron chi connectivity index (χ4n) is 7.75. The molecule has 0 amide bonds. The van der Waals surface area contributed by atoms with Crippen LogP contribution < -0.4 is 0 Å². The van der Waals surface area contributed by atoms with E-state index in [0.29, 0.717) is 0 Å². The summed E-state index contributed by atoms with van der Waals surface area (Å²) >= 11 is 0. The highest BCUT2D eigenvalue weighted by atomic mass is 15.0. The fourth-order valence-corrected chi connectivity index (χ4v) is 7.75. The molecule has 1 heterocycles. The molecule has 0 radical (unpaired) electrons. The average Bonchev–Trinajstić information content (AvgIpc) is 3.42. The average molecular weight is 614 g/mol. The summed E-state index contributed by atoms with van der Waals surface area (Å²) in [5.41, 5.74) is 13.8. The molecule has 0 bridgehead atoms. The van der Waals surface area contributed by atoms with E-state index >= 15 is 0 Å². The Morgan fingerprint density at radius 1 is 0.354 bits per heavy atom. The van der Waals surface area contributed by atoms with E-state index in [-0.39, 0.29) is 0 Å². The third kappa shape index (κ3) is 4.47. The third-order valence-electron chi connectivity index (χ3n) is 10.1. The molecule has 0 spiro atoms. The molecule has 0 aliphatic rings. The van der Waals surface area contributed by atoms with Crippen LogP contribution >= 0.6 is 0 Å². The van der Waals surface area contributed by atoms with Gasteiger partial charge in [-0.15, -0.1) is 0 Å². The van der Waals surface area contributed by atoms with Crippen molar-refractivity contribution in [1.82, 2.24) is 4.57 Å². The first kappa shape index (κ1) is 28.3. The Morgan fingerprint density at radius 3 is 1.40 bits per heavy atom. The molecule has 1 aromatic heterocycles. The number of hydrogen-bond acceptors (Lipinski definition) is 0. The van der Waals surface area contributed by atoms with E-state index in [0.717, 1.165) is 0 Å². The number of aryl methyl sites for hydroxylation is 3. The van der Waals surface area contributed by atoms with Crippen LogP contribution in [0.15, 0.2) is 158 Å². The van der Waals surface area contributed by atoms with Crippen LogP contribution in [0.5, 0.6) is 0 Å². The van der Waals surface area contributed by atoms with Gasteiger partial charge in [-0.25, -0.2) is 0 Å². The molecule has 0 aliphatic carbocycles. The Kier molecular flexibility index (Phi) is 6.55. The van der Waals surface area contributed by atoms with Crippen LogP contribution in [0.4, 0.5) is 0 Å². The first-order valence-corrected chi connectivity index (χ1v) is 16.7. The SMILES string of the molecule is Cc1ccc(-c2c(-c3ccc(C)cc3)n(C)c3cc(-c4c5ccccc5c(-c5ccc6ccccc6c5)c5ccccc45)ccc23)cc1. The molecule has 0 N–H and O–H groups in total. The Morgan fingerprint density at radius 2 is 0.812 bits per heavy atom. The second-order valence-corrected chi connectivity index (χ2v) is 13.1. The number of rotatable bonds is 4. The number of aromatic nitrogens is 1. The Bertz CT molecular complexity index is 2610. The Hall–Kier alpha value is -5.92. The number of nitrogens with zero attached hydrogens (tertiary/aromatic N) is 1. The summed E-state index contributed by atoms with van der Waals surface area (Å²) in [6, 6.07) is 58.4. The van der Waals surface area contributed by atoms with Crippen molar-refractivity contribution in [3.05, 3.63) is 169 Å². The minimum absolute atomic E-state index is 1.23. The van der Waals surface area contributed by atoms with Crippen molar-refractivity contribution in [2.75, 3.05) is 0 Å². The predicted molar refractivity (Wildman–Crippen MR) is 207 cm³/mol. The van der Waals surface area contributed by atoms with Gasteiger partial charge < -0.3 is 4.57 Å². The van der Waals surface area contributed by atoms with E-state index < -0.39 is 0 Å².